The second-order valence-electron chi connectivity index (χ2n) is 17.6. The molecule has 12 aromatic carbocycles. The monoisotopic (exact) mass is 1070 g/mol. The number of hydrogen-bond donors (Lipinski definition) is 0. The van der Waals surface area contributed by atoms with Gasteiger partial charge in [0, 0.05) is 0 Å². The predicted molar refractivity (Wildman–Crippen MR) is 284 cm³/mol. The van der Waals surface area contributed by atoms with Gasteiger partial charge in [-0.3, -0.25) is 0 Å². The van der Waals surface area contributed by atoms with Crippen molar-refractivity contribution in [2.75, 3.05) is 0 Å². The summed E-state index contributed by atoms with van der Waals surface area (Å²) in [5.41, 5.74) is 0. The van der Waals surface area contributed by atoms with E-state index in [1.165, 1.54) is 150 Å². The first-order valence-electron chi connectivity index (χ1n) is 23.8. The quantitative estimate of drug-likeness (QED) is 0.133. The SMILES string of the molecule is [Cl-].[Cl-].[Zr+2]=[C]1CCCCC1.[Zr+2]=[C]1CCCCC1.c1ccc2c(c1)[cH-]c1ccccc12.c1ccc2c(c1)[cH-]c1ccccc12.c1ccc2c(c1)[cH-]c1ccccc12.c1ccc2c(c1)[cH-]c1ccccc12. The fraction of sp³-hybridized carbons (Fsp3) is 0.156. The third-order valence-corrected chi connectivity index (χ3v) is 15.5. The Kier molecular flexibility index (Phi) is 19.4. The molecule has 336 valence electrons. The van der Waals surface area contributed by atoms with Crippen LogP contribution in [0.1, 0.15) is 64.2 Å². The normalized spacial score (nSPS) is 13.2. The Bertz CT molecular complexity index is 2840. The second-order valence-corrected chi connectivity index (χ2v) is 21.1. The molecule has 0 heterocycles. The summed E-state index contributed by atoms with van der Waals surface area (Å²) in [5, 5.41) is 21.6. The van der Waals surface area contributed by atoms with Crippen LogP contribution in [0.2, 0.25) is 0 Å². The number of rotatable bonds is 0. The molecule has 0 atom stereocenters. The summed E-state index contributed by atoms with van der Waals surface area (Å²) in [7, 11) is 0. The zero-order chi connectivity index (χ0) is 44.9. The van der Waals surface area contributed by atoms with Crippen LogP contribution in [0, 0.1) is 0 Å². The first-order valence-corrected chi connectivity index (χ1v) is 26.3. The van der Waals surface area contributed by atoms with E-state index in [-0.39, 0.29) is 24.8 Å². The molecule has 0 amide bonds. The average Bonchev–Trinajstić information content (AvgIpc) is 4.16. The summed E-state index contributed by atoms with van der Waals surface area (Å²) < 4.78 is 3.61. The second kappa shape index (κ2) is 25.8. The Morgan fingerprint density at radius 3 is 0.500 bits per heavy atom. The van der Waals surface area contributed by atoms with Crippen LogP contribution in [0.5, 0.6) is 0 Å². The summed E-state index contributed by atoms with van der Waals surface area (Å²) >= 11 is 3.38. The van der Waals surface area contributed by atoms with Crippen molar-refractivity contribution in [3.05, 3.63) is 218 Å². The summed E-state index contributed by atoms with van der Waals surface area (Å²) in [6.45, 7) is 0. The molecule has 0 N–H and O–H groups in total. The van der Waals surface area contributed by atoms with Gasteiger partial charge in [0.15, 0.2) is 0 Å². The Morgan fingerprint density at radius 1 is 0.221 bits per heavy atom. The van der Waals surface area contributed by atoms with E-state index in [1.807, 2.05) is 0 Å². The smallest absolute Gasteiger partial charge is 0.0771 e. The first-order chi connectivity index (χ1) is 32.6. The van der Waals surface area contributed by atoms with Gasteiger partial charge in [0.2, 0.25) is 0 Å². The molecule has 0 bridgehead atoms. The van der Waals surface area contributed by atoms with Gasteiger partial charge in [-0.1, -0.05) is 146 Å². The fourth-order valence-corrected chi connectivity index (χ4v) is 11.3. The largest absolute Gasteiger partial charge is 0.126 e. The summed E-state index contributed by atoms with van der Waals surface area (Å²) in [5.74, 6) is 0. The number of hydrogen-bond acceptors (Lipinski definition) is 0. The third kappa shape index (κ3) is 12.9. The molecule has 2 aliphatic carbocycles. The molecule has 0 aromatic heterocycles. The minimum Gasteiger partial charge on any atom is -0.126 e. The maximum absolute atomic E-state index is 2.24. The maximum atomic E-state index is 2.24. The average molecular weight is 1080 g/mol. The van der Waals surface area contributed by atoms with Gasteiger partial charge in [0.1, 0.15) is 0 Å². The molecule has 0 unspecified atom stereocenters. The van der Waals surface area contributed by atoms with Gasteiger partial charge >= 0.3 is 119 Å². The molecule has 0 spiro atoms. The summed E-state index contributed by atoms with van der Waals surface area (Å²) in [4.78, 5) is 0. The number of fused-ring (bicyclic) bond motifs is 12. The zero-order valence-corrected chi connectivity index (χ0v) is 45.0. The maximum Gasteiger partial charge on any atom is -0.0771 e. The molecule has 2 aliphatic rings. The predicted octanol–water partition coefficient (Wildman–Crippen LogP) is 12.2. The Hall–Kier alpha value is -4.67. The zero-order valence-electron chi connectivity index (χ0n) is 38.6. The van der Waals surface area contributed by atoms with Crippen molar-refractivity contribution in [2.45, 2.75) is 64.2 Å². The molecular weight excluding hydrogens is 1020 g/mol. The van der Waals surface area contributed by atoms with Crippen LogP contribution in [0.4, 0.5) is 0 Å². The molecular formula is C64H56Cl2Zr2-2. The molecule has 12 aromatic rings. The third-order valence-electron chi connectivity index (χ3n) is 13.0. The number of benzene rings is 8. The molecule has 2 fully saturated rings. The van der Waals surface area contributed by atoms with Crippen LogP contribution in [0.25, 0.3) is 86.2 Å². The van der Waals surface area contributed by atoms with Crippen LogP contribution in [0.15, 0.2) is 218 Å². The number of halogens is 2. The van der Waals surface area contributed by atoms with Crippen molar-refractivity contribution in [3.63, 3.8) is 0 Å². The van der Waals surface area contributed by atoms with Gasteiger partial charge in [-0.15, -0.1) is 159 Å². The van der Waals surface area contributed by atoms with Crippen molar-refractivity contribution >= 4 is 92.6 Å². The van der Waals surface area contributed by atoms with Crippen LogP contribution in [0.3, 0.4) is 0 Å². The molecule has 2 saturated carbocycles. The Morgan fingerprint density at radius 2 is 0.368 bits per heavy atom. The molecule has 0 aliphatic heterocycles. The van der Waals surface area contributed by atoms with Gasteiger partial charge in [-0.25, -0.2) is 0 Å². The van der Waals surface area contributed by atoms with Gasteiger partial charge in [-0.05, 0) is 0 Å². The van der Waals surface area contributed by atoms with Crippen molar-refractivity contribution in [1.82, 2.24) is 0 Å². The Labute approximate surface area is 444 Å². The van der Waals surface area contributed by atoms with E-state index in [0.29, 0.717) is 0 Å². The van der Waals surface area contributed by atoms with Crippen molar-refractivity contribution < 1.29 is 73.3 Å². The Balaban J connectivity index is 0.000000122. The van der Waals surface area contributed by atoms with Gasteiger partial charge in [-0.2, -0.15) is 0 Å². The van der Waals surface area contributed by atoms with Crippen molar-refractivity contribution in [1.29, 1.82) is 0 Å². The van der Waals surface area contributed by atoms with E-state index in [9.17, 15) is 0 Å². The van der Waals surface area contributed by atoms with Crippen molar-refractivity contribution in [2.24, 2.45) is 0 Å². The summed E-state index contributed by atoms with van der Waals surface area (Å²) in [6, 6.07) is 77.1. The fourth-order valence-electron chi connectivity index (χ4n) is 9.57. The molecule has 14 rings (SSSR count). The molecule has 0 radical (unpaired) electrons. The molecule has 0 saturated heterocycles. The van der Waals surface area contributed by atoms with E-state index in [4.69, 9.17) is 0 Å². The van der Waals surface area contributed by atoms with Crippen LogP contribution >= 0.6 is 0 Å². The van der Waals surface area contributed by atoms with E-state index in [2.05, 4.69) is 218 Å². The van der Waals surface area contributed by atoms with E-state index in [1.54, 1.807) is 54.9 Å². The van der Waals surface area contributed by atoms with Gasteiger partial charge in [0.25, 0.3) is 0 Å². The summed E-state index contributed by atoms with van der Waals surface area (Å²) in [6.07, 6.45) is 14.6. The van der Waals surface area contributed by atoms with E-state index in [0.717, 1.165) is 0 Å². The van der Waals surface area contributed by atoms with E-state index < -0.39 is 0 Å². The van der Waals surface area contributed by atoms with Crippen LogP contribution in [-0.4, -0.2) is 6.41 Å². The first kappa shape index (κ1) is 51.2. The standard InChI is InChI=1S/4C13H9.2C6H10.2ClH.2Zr/c4*1-3-7-12-10(5-1)9-11-6-2-4-8-13(11)12;2*1-2-4-6-5-3-1;;;;/h4*1-9H;2*1-5H2;2*1H;;/q4*-1;;;;;2*+2/p-2. The van der Waals surface area contributed by atoms with Crippen molar-refractivity contribution in [3.8, 4) is 0 Å². The topological polar surface area (TPSA) is 0 Å². The van der Waals surface area contributed by atoms with Crippen LogP contribution in [-0.2, 0) is 48.5 Å². The molecule has 0 nitrogen and oxygen atoms in total. The van der Waals surface area contributed by atoms with E-state index >= 15 is 0 Å². The van der Waals surface area contributed by atoms with Gasteiger partial charge < -0.3 is 24.8 Å². The molecule has 68 heavy (non-hydrogen) atoms. The minimum atomic E-state index is 0. The minimum absolute atomic E-state index is 0. The molecule has 4 heteroatoms. The van der Waals surface area contributed by atoms with Gasteiger partial charge in [0.05, 0.1) is 0 Å². The van der Waals surface area contributed by atoms with Crippen LogP contribution < -0.4 is 24.8 Å².